The average Bonchev–Trinajstić information content (AvgIpc) is 2.96. The summed E-state index contributed by atoms with van der Waals surface area (Å²) in [5, 5.41) is 10.5. The second-order valence-corrected chi connectivity index (χ2v) is 5.20. The first kappa shape index (κ1) is 17.0. The Balaban J connectivity index is 0.00000200. The van der Waals surface area contributed by atoms with Crippen molar-refractivity contribution >= 4 is 18.3 Å². The van der Waals surface area contributed by atoms with Crippen molar-refractivity contribution in [2.45, 2.75) is 38.6 Å². The summed E-state index contributed by atoms with van der Waals surface area (Å²) < 4.78 is 1.89. The van der Waals surface area contributed by atoms with Crippen LogP contribution in [-0.2, 0) is 11.3 Å². The molecule has 1 amide bonds. The molecule has 0 bridgehead atoms. The lowest BCUT2D eigenvalue weighted by molar-refractivity contribution is -0.121. The summed E-state index contributed by atoms with van der Waals surface area (Å²) in [5.41, 5.74) is 0. The maximum absolute atomic E-state index is 11.7. The van der Waals surface area contributed by atoms with Crippen LogP contribution in [0.1, 0.15) is 32.1 Å². The van der Waals surface area contributed by atoms with E-state index < -0.39 is 0 Å². The number of rotatable bonds is 7. The van der Waals surface area contributed by atoms with Gasteiger partial charge in [-0.15, -0.1) is 12.4 Å². The fraction of sp³-hybridized carbons (Fsp3) is 0.714. The lowest BCUT2D eigenvalue weighted by Gasteiger charge is -2.22. The van der Waals surface area contributed by atoms with E-state index >= 15 is 0 Å². The number of carbonyl (C=O) groups is 1. The van der Waals surface area contributed by atoms with Gasteiger partial charge in [0.15, 0.2) is 0 Å². The molecular formula is C14H25ClN4O. The smallest absolute Gasteiger partial charge is 0.220 e. The summed E-state index contributed by atoms with van der Waals surface area (Å²) in [5.74, 6) is 0.926. The zero-order chi connectivity index (χ0) is 13.3. The van der Waals surface area contributed by atoms with Crippen LogP contribution in [0.5, 0.6) is 0 Å². The first-order valence-electron chi connectivity index (χ1n) is 7.29. The number of carbonyl (C=O) groups excluding carboxylic acids is 1. The average molecular weight is 301 g/mol. The van der Waals surface area contributed by atoms with Gasteiger partial charge in [0.1, 0.15) is 0 Å². The van der Waals surface area contributed by atoms with Gasteiger partial charge in [0.05, 0.1) is 0 Å². The van der Waals surface area contributed by atoms with Crippen molar-refractivity contribution in [3.05, 3.63) is 18.5 Å². The van der Waals surface area contributed by atoms with Crippen LogP contribution in [0, 0.1) is 5.92 Å². The zero-order valence-corrected chi connectivity index (χ0v) is 12.7. The molecule has 2 rings (SSSR count). The summed E-state index contributed by atoms with van der Waals surface area (Å²) >= 11 is 0. The molecule has 0 spiro atoms. The van der Waals surface area contributed by atoms with Crippen molar-refractivity contribution < 1.29 is 4.79 Å². The number of nitrogens with one attached hydrogen (secondary N) is 2. The number of nitrogens with zero attached hydrogens (tertiary/aromatic N) is 2. The topological polar surface area (TPSA) is 59.0 Å². The van der Waals surface area contributed by atoms with Crippen molar-refractivity contribution in [3.63, 3.8) is 0 Å². The monoisotopic (exact) mass is 300 g/mol. The third kappa shape index (κ3) is 6.39. The Morgan fingerprint density at radius 3 is 2.90 bits per heavy atom. The minimum Gasteiger partial charge on any atom is -0.356 e. The van der Waals surface area contributed by atoms with Crippen LogP contribution in [0.25, 0.3) is 0 Å². The minimum atomic E-state index is 0. The second kappa shape index (κ2) is 9.77. The molecule has 5 nitrogen and oxygen atoms in total. The standard InChI is InChI=1S/C14H24N4O.ClH/c19-14(4-3-13-5-9-15-10-6-13)16-7-1-11-18-12-2-8-17-18;/h2,8,12-13,15H,1,3-7,9-11H2,(H,16,19);1H. The van der Waals surface area contributed by atoms with Gasteiger partial charge >= 0.3 is 0 Å². The van der Waals surface area contributed by atoms with Crippen molar-refractivity contribution in [2.75, 3.05) is 19.6 Å². The van der Waals surface area contributed by atoms with Gasteiger partial charge < -0.3 is 10.6 Å². The number of aromatic nitrogens is 2. The molecule has 114 valence electrons. The number of piperidine rings is 1. The molecule has 0 atom stereocenters. The van der Waals surface area contributed by atoms with Gasteiger partial charge in [-0.05, 0) is 50.8 Å². The lowest BCUT2D eigenvalue weighted by Crippen LogP contribution is -2.29. The van der Waals surface area contributed by atoms with Gasteiger partial charge in [0.2, 0.25) is 5.91 Å². The van der Waals surface area contributed by atoms with Crippen molar-refractivity contribution in [3.8, 4) is 0 Å². The molecular weight excluding hydrogens is 276 g/mol. The van der Waals surface area contributed by atoms with E-state index in [9.17, 15) is 4.79 Å². The highest BCUT2D eigenvalue weighted by molar-refractivity contribution is 5.85. The molecule has 1 aromatic rings. The van der Waals surface area contributed by atoms with Crippen molar-refractivity contribution in [2.24, 2.45) is 5.92 Å². The van der Waals surface area contributed by atoms with E-state index in [4.69, 9.17) is 0 Å². The van der Waals surface area contributed by atoms with E-state index in [2.05, 4.69) is 15.7 Å². The molecule has 20 heavy (non-hydrogen) atoms. The molecule has 0 aliphatic carbocycles. The fourth-order valence-electron chi connectivity index (χ4n) is 2.50. The van der Waals surface area contributed by atoms with Gasteiger partial charge in [-0.25, -0.2) is 0 Å². The fourth-order valence-corrected chi connectivity index (χ4v) is 2.50. The molecule has 0 radical (unpaired) electrons. The molecule has 1 saturated heterocycles. The van der Waals surface area contributed by atoms with Crippen LogP contribution in [0.3, 0.4) is 0 Å². The Bertz CT molecular complexity index is 363. The maximum atomic E-state index is 11.7. The van der Waals surface area contributed by atoms with Crippen LogP contribution in [-0.4, -0.2) is 35.3 Å². The molecule has 0 saturated carbocycles. The highest BCUT2D eigenvalue weighted by Gasteiger charge is 2.14. The van der Waals surface area contributed by atoms with Crippen LogP contribution in [0.2, 0.25) is 0 Å². The van der Waals surface area contributed by atoms with Crippen molar-refractivity contribution in [1.29, 1.82) is 0 Å². The summed E-state index contributed by atoms with van der Waals surface area (Å²) in [7, 11) is 0. The molecule has 1 aliphatic heterocycles. The summed E-state index contributed by atoms with van der Waals surface area (Å²) in [6.45, 7) is 3.82. The molecule has 0 unspecified atom stereocenters. The molecule has 6 heteroatoms. The van der Waals surface area contributed by atoms with Gasteiger partial charge in [-0.3, -0.25) is 9.48 Å². The first-order valence-corrected chi connectivity index (χ1v) is 7.29. The predicted molar refractivity (Wildman–Crippen MR) is 81.9 cm³/mol. The Hall–Kier alpha value is -1.07. The maximum Gasteiger partial charge on any atom is 0.220 e. The van der Waals surface area contributed by atoms with E-state index in [-0.39, 0.29) is 18.3 Å². The van der Waals surface area contributed by atoms with E-state index in [0.29, 0.717) is 6.42 Å². The van der Waals surface area contributed by atoms with Crippen LogP contribution in [0.15, 0.2) is 18.5 Å². The SMILES string of the molecule is Cl.O=C(CCC1CCNCC1)NCCCn1cccn1. The quantitative estimate of drug-likeness (QED) is 0.752. The Morgan fingerprint density at radius 1 is 1.40 bits per heavy atom. The highest BCUT2D eigenvalue weighted by atomic mass is 35.5. The third-order valence-electron chi connectivity index (χ3n) is 3.68. The number of amides is 1. The minimum absolute atomic E-state index is 0. The first-order chi connectivity index (χ1) is 9.34. The number of hydrogen-bond acceptors (Lipinski definition) is 3. The van der Waals surface area contributed by atoms with Crippen LogP contribution in [0.4, 0.5) is 0 Å². The molecule has 2 N–H and O–H groups in total. The van der Waals surface area contributed by atoms with E-state index in [1.807, 2.05) is 16.9 Å². The third-order valence-corrected chi connectivity index (χ3v) is 3.68. The van der Waals surface area contributed by atoms with E-state index in [0.717, 1.165) is 44.9 Å². The summed E-state index contributed by atoms with van der Waals surface area (Å²) in [4.78, 5) is 11.7. The van der Waals surface area contributed by atoms with Gasteiger partial charge in [0, 0.05) is 31.9 Å². The molecule has 1 fully saturated rings. The van der Waals surface area contributed by atoms with Crippen molar-refractivity contribution in [1.82, 2.24) is 20.4 Å². The number of halogens is 1. The molecule has 2 heterocycles. The highest BCUT2D eigenvalue weighted by Crippen LogP contribution is 2.17. The van der Waals surface area contributed by atoms with Gasteiger partial charge in [-0.1, -0.05) is 0 Å². The second-order valence-electron chi connectivity index (χ2n) is 5.20. The molecule has 1 aromatic heterocycles. The number of aryl methyl sites for hydroxylation is 1. The Morgan fingerprint density at radius 2 is 2.20 bits per heavy atom. The summed E-state index contributed by atoms with van der Waals surface area (Å²) in [6, 6.07) is 1.91. The largest absolute Gasteiger partial charge is 0.356 e. The lowest BCUT2D eigenvalue weighted by atomic mass is 9.93. The Kier molecular flexibility index (Phi) is 8.30. The van der Waals surface area contributed by atoms with Crippen LogP contribution >= 0.6 is 12.4 Å². The van der Waals surface area contributed by atoms with Gasteiger partial charge in [0.25, 0.3) is 0 Å². The predicted octanol–water partition coefficient (Wildman–Crippen LogP) is 1.59. The Labute approximate surface area is 126 Å². The number of hydrogen-bond donors (Lipinski definition) is 2. The van der Waals surface area contributed by atoms with E-state index in [1.54, 1.807) is 6.20 Å². The van der Waals surface area contributed by atoms with Gasteiger partial charge in [-0.2, -0.15) is 5.10 Å². The molecule has 1 aliphatic rings. The van der Waals surface area contributed by atoms with Crippen LogP contribution < -0.4 is 10.6 Å². The zero-order valence-electron chi connectivity index (χ0n) is 11.9. The van der Waals surface area contributed by atoms with E-state index in [1.165, 1.54) is 12.8 Å². The normalized spacial score (nSPS) is 15.6. The summed E-state index contributed by atoms with van der Waals surface area (Å²) in [6.07, 6.45) is 8.79. The molecule has 0 aromatic carbocycles.